The number of carbonyl (C=O) groups excluding carboxylic acids is 2. The Hall–Kier alpha value is -2.04. The fraction of sp³-hybridized carbons (Fsp3) is 0.333. The molecule has 0 aliphatic rings. The molecule has 0 heterocycles. The van der Waals surface area contributed by atoms with Gasteiger partial charge >= 0.3 is 0 Å². The lowest BCUT2D eigenvalue weighted by Gasteiger charge is -2.06. The standard InChI is InChI=1S/C21H24Cl2N2O2/c22-17-9-7-16(8-10-17)21(27)24-15-5-3-1-2-4-6-20(26)25-19-13-11-18(23)12-14-19/h7-14H,1-6,15H2,(H,24,27)(H,25,26). The third-order valence-corrected chi connectivity index (χ3v) is 4.60. The number of amides is 2. The second kappa shape index (κ2) is 11.6. The van der Waals surface area contributed by atoms with Crippen molar-refractivity contribution < 1.29 is 9.59 Å². The van der Waals surface area contributed by atoms with Gasteiger partial charge in [0.05, 0.1) is 0 Å². The first-order valence-electron chi connectivity index (χ1n) is 9.14. The van der Waals surface area contributed by atoms with Crippen LogP contribution in [0.15, 0.2) is 48.5 Å². The van der Waals surface area contributed by atoms with E-state index in [2.05, 4.69) is 10.6 Å². The Bertz CT molecular complexity index is 731. The molecule has 0 aliphatic heterocycles. The fourth-order valence-electron chi connectivity index (χ4n) is 2.60. The van der Waals surface area contributed by atoms with Crippen molar-refractivity contribution in [3.05, 3.63) is 64.1 Å². The molecule has 2 rings (SSSR count). The zero-order valence-corrected chi connectivity index (χ0v) is 16.7. The average molecular weight is 407 g/mol. The summed E-state index contributed by atoms with van der Waals surface area (Å²) in [6.45, 7) is 0.651. The van der Waals surface area contributed by atoms with Gasteiger partial charge in [-0.1, -0.05) is 42.5 Å². The number of unbranched alkanes of at least 4 members (excludes halogenated alkanes) is 4. The second-order valence-corrected chi connectivity index (χ2v) is 7.21. The first-order valence-corrected chi connectivity index (χ1v) is 9.89. The summed E-state index contributed by atoms with van der Waals surface area (Å²) in [5.74, 6) is -0.0573. The highest BCUT2D eigenvalue weighted by atomic mass is 35.5. The van der Waals surface area contributed by atoms with E-state index in [0.29, 0.717) is 28.6 Å². The molecular formula is C21H24Cl2N2O2. The minimum absolute atomic E-state index is 0.0209. The lowest BCUT2D eigenvalue weighted by Crippen LogP contribution is -2.24. The Labute approximate surface area is 170 Å². The molecule has 144 valence electrons. The van der Waals surface area contributed by atoms with Crippen LogP contribution in [0.5, 0.6) is 0 Å². The van der Waals surface area contributed by atoms with Crippen molar-refractivity contribution in [2.75, 3.05) is 11.9 Å². The Kier molecular flexibility index (Phi) is 9.16. The van der Waals surface area contributed by atoms with Crippen molar-refractivity contribution in [2.45, 2.75) is 38.5 Å². The zero-order valence-electron chi connectivity index (χ0n) is 15.1. The van der Waals surface area contributed by atoms with Crippen LogP contribution in [0.25, 0.3) is 0 Å². The van der Waals surface area contributed by atoms with Crippen molar-refractivity contribution in [3.63, 3.8) is 0 Å². The summed E-state index contributed by atoms with van der Waals surface area (Å²) in [4.78, 5) is 23.8. The number of carbonyl (C=O) groups is 2. The summed E-state index contributed by atoms with van der Waals surface area (Å²) < 4.78 is 0. The zero-order chi connectivity index (χ0) is 19.5. The van der Waals surface area contributed by atoms with Crippen molar-refractivity contribution >= 4 is 40.7 Å². The minimum Gasteiger partial charge on any atom is -0.352 e. The van der Waals surface area contributed by atoms with E-state index in [1.807, 2.05) is 0 Å². The van der Waals surface area contributed by atoms with Crippen LogP contribution >= 0.6 is 23.2 Å². The lowest BCUT2D eigenvalue weighted by molar-refractivity contribution is -0.116. The lowest BCUT2D eigenvalue weighted by atomic mass is 10.1. The molecule has 2 N–H and O–H groups in total. The van der Waals surface area contributed by atoms with Crippen LogP contribution in [0, 0.1) is 0 Å². The van der Waals surface area contributed by atoms with Gasteiger partial charge in [0.1, 0.15) is 0 Å². The van der Waals surface area contributed by atoms with Gasteiger partial charge in [-0.2, -0.15) is 0 Å². The van der Waals surface area contributed by atoms with E-state index in [0.717, 1.165) is 37.8 Å². The molecule has 2 amide bonds. The van der Waals surface area contributed by atoms with Crippen molar-refractivity contribution in [2.24, 2.45) is 0 Å². The van der Waals surface area contributed by atoms with E-state index >= 15 is 0 Å². The predicted molar refractivity (Wildman–Crippen MR) is 112 cm³/mol. The Morgan fingerprint density at radius 2 is 1.30 bits per heavy atom. The van der Waals surface area contributed by atoms with E-state index in [9.17, 15) is 9.59 Å². The molecule has 0 spiro atoms. The maximum Gasteiger partial charge on any atom is 0.251 e. The molecule has 6 heteroatoms. The van der Waals surface area contributed by atoms with Crippen LogP contribution in [0.1, 0.15) is 48.9 Å². The highest BCUT2D eigenvalue weighted by Crippen LogP contribution is 2.14. The molecule has 27 heavy (non-hydrogen) atoms. The first kappa shape index (κ1) is 21.3. The highest BCUT2D eigenvalue weighted by molar-refractivity contribution is 6.31. The molecule has 0 saturated heterocycles. The maximum atomic E-state index is 11.9. The van der Waals surface area contributed by atoms with Crippen molar-refractivity contribution in [3.8, 4) is 0 Å². The topological polar surface area (TPSA) is 58.2 Å². The molecule has 0 saturated carbocycles. The van der Waals surface area contributed by atoms with Gasteiger partial charge in [-0.25, -0.2) is 0 Å². The van der Waals surface area contributed by atoms with Gasteiger partial charge in [0.25, 0.3) is 5.91 Å². The number of hydrogen-bond acceptors (Lipinski definition) is 2. The molecule has 0 unspecified atom stereocenters. The van der Waals surface area contributed by atoms with Crippen molar-refractivity contribution in [1.82, 2.24) is 5.32 Å². The van der Waals surface area contributed by atoms with Crippen LogP contribution in [0.4, 0.5) is 5.69 Å². The number of nitrogens with one attached hydrogen (secondary N) is 2. The van der Waals surface area contributed by atoms with E-state index < -0.39 is 0 Å². The Balaban J connectivity index is 1.48. The van der Waals surface area contributed by atoms with Gasteiger partial charge in [0.2, 0.25) is 5.91 Å². The van der Waals surface area contributed by atoms with E-state index in [-0.39, 0.29) is 11.8 Å². The third-order valence-electron chi connectivity index (χ3n) is 4.10. The fourth-order valence-corrected chi connectivity index (χ4v) is 2.85. The van der Waals surface area contributed by atoms with Gasteiger partial charge in [0.15, 0.2) is 0 Å². The third kappa shape index (κ3) is 8.46. The van der Waals surface area contributed by atoms with Crippen LogP contribution in [-0.4, -0.2) is 18.4 Å². The van der Waals surface area contributed by atoms with Crippen molar-refractivity contribution in [1.29, 1.82) is 0 Å². The normalized spacial score (nSPS) is 10.4. The van der Waals surface area contributed by atoms with E-state index in [1.54, 1.807) is 48.5 Å². The summed E-state index contributed by atoms with van der Waals surface area (Å²) in [6, 6.07) is 13.9. The number of halogens is 2. The summed E-state index contributed by atoms with van der Waals surface area (Å²) in [7, 11) is 0. The number of hydrogen-bond donors (Lipinski definition) is 2. The molecule has 2 aromatic carbocycles. The molecule has 2 aromatic rings. The van der Waals surface area contributed by atoms with Gasteiger partial charge in [-0.3, -0.25) is 9.59 Å². The van der Waals surface area contributed by atoms with Gasteiger partial charge in [-0.05, 0) is 61.4 Å². The Morgan fingerprint density at radius 1 is 0.741 bits per heavy atom. The van der Waals surface area contributed by atoms with Crippen LogP contribution in [0.2, 0.25) is 10.0 Å². The summed E-state index contributed by atoms with van der Waals surface area (Å²) in [5.41, 5.74) is 1.38. The largest absolute Gasteiger partial charge is 0.352 e. The molecule has 4 nitrogen and oxygen atoms in total. The predicted octanol–water partition coefficient (Wildman–Crippen LogP) is 5.70. The smallest absolute Gasteiger partial charge is 0.251 e. The number of benzene rings is 2. The van der Waals surface area contributed by atoms with Gasteiger partial charge < -0.3 is 10.6 Å². The monoisotopic (exact) mass is 406 g/mol. The van der Waals surface area contributed by atoms with Crippen LogP contribution in [-0.2, 0) is 4.79 Å². The van der Waals surface area contributed by atoms with E-state index in [4.69, 9.17) is 23.2 Å². The van der Waals surface area contributed by atoms with Crippen LogP contribution in [0.3, 0.4) is 0 Å². The van der Waals surface area contributed by atoms with Gasteiger partial charge in [-0.15, -0.1) is 0 Å². The molecule has 0 bridgehead atoms. The maximum absolute atomic E-state index is 11.9. The highest BCUT2D eigenvalue weighted by Gasteiger charge is 2.04. The first-order chi connectivity index (χ1) is 13.0. The molecule has 0 radical (unpaired) electrons. The summed E-state index contributed by atoms with van der Waals surface area (Å²) in [5, 5.41) is 7.03. The molecule has 0 atom stereocenters. The van der Waals surface area contributed by atoms with Gasteiger partial charge in [0, 0.05) is 34.3 Å². The summed E-state index contributed by atoms with van der Waals surface area (Å²) >= 11 is 11.6. The average Bonchev–Trinajstić information content (AvgIpc) is 2.66. The van der Waals surface area contributed by atoms with E-state index in [1.165, 1.54) is 0 Å². The second-order valence-electron chi connectivity index (χ2n) is 6.34. The quantitative estimate of drug-likeness (QED) is 0.496. The number of anilines is 1. The molecule has 0 aromatic heterocycles. The molecule has 0 fully saturated rings. The number of rotatable bonds is 10. The molecular weight excluding hydrogens is 383 g/mol. The minimum atomic E-state index is -0.0782. The molecule has 0 aliphatic carbocycles. The van der Waals surface area contributed by atoms with Crippen LogP contribution < -0.4 is 10.6 Å². The Morgan fingerprint density at radius 3 is 1.96 bits per heavy atom. The SMILES string of the molecule is O=C(CCCCCCCNC(=O)c1ccc(Cl)cc1)Nc1ccc(Cl)cc1. The summed E-state index contributed by atoms with van der Waals surface area (Å²) in [6.07, 6.45) is 5.37.